The van der Waals surface area contributed by atoms with Gasteiger partial charge in [0.1, 0.15) is 18.1 Å². The third-order valence-corrected chi connectivity index (χ3v) is 4.19. The normalized spacial score (nSPS) is 17.5. The van der Waals surface area contributed by atoms with Gasteiger partial charge in [-0.2, -0.15) is 0 Å². The molecule has 0 aliphatic carbocycles. The van der Waals surface area contributed by atoms with Crippen molar-refractivity contribution in [2.45, 2.75) is 6.54 Å². The number of methoxy groups -OCH3 is 1. The monoisotopic (exact) mass is 393 g/mol. The van der Waals surface area contributed by atoms with Gasteiger partial charge in [-0.1, -0.05) is 40.2 Å². The molecule has 0 aromatic heterocycles. The van der Waals surface area contributed by atoms with Crippen LogP contribution in [0.4, 0.5) is 8.63 Å². The highest BCUT2D eigenvalue weighted by atomic mass is 79.9. The number of hydrogen-bond donors (Lipinski definition) is 0. The third-order valence-electron chi connectivity index (χ3n) is 3.66. The van der Waals surface area contributed by atoms with E-state index < -0.39 is 7.04 Å². The van der Waals surface area contributed by atoms with Crippen LogP contribution in [-0.4, -0.2) is 24.8 Å². The highest BCUT2D eigenvalue weighted by Crippen LogP contribution is 2.25. The maximum Gasteiger partial charge on any atom is 0.828 e. The van der Waals surface area contributed by atoms with E-state index in [9.17, 15) is 8.63 Å². The summed E-state index contributed by atoms with van der Waals surface area (Å²) < 4.78 is 40.0. The molecule has 0 saturated carbocycles. The van der Waals surface area contributed by atoms with E-state index in [2.05, 4.69) is 15.9 Å². The van der Waals surface area contributed by atoms with E-state index in [1.54, 1.807) is 49.6 Å². The highest BCUT2D eigenvalue weighted by Gasteiger charge is 2.50. The fourth-order valence-electron chi connectivity index (χ4n) is 2.40. The van der Waals surface area contributed by atoms with Crippen LogP contribution in [0, 0.1) is 0 Å². The Bertz CT molecular complexity index is 789. The Morgan fingerprint density at radius 3 is 2.42 bits per heavy atom. The van der Waals surface area contributed by atoms with Crippen LogP contribution in [0.3, 0.4) is 0 Å². The second-order valence-corrected chi connectivity index (χ2v) is 6.34. The van der Waals surface area contributed by atoms with Crippen molar-refractivity contribution in [2.75, 3.05) is 7.11 Å². The second kappa shape index (κ2) is 6.77. The summed E-state index contributed by atoms with van der Waals surface area (Å²) >= 11 is 3.33. The van der Waals surface area contributed by atoms with Gasteiger partial charge >= 0.3 is 7.04 Å². The molecule has 0 bridgehead atoms. The quantitative estimate of drug-likeness (QED) is 0.714. The van der Waals surface area contributed by atoms with Gasteiger partial charge in [0.2, 0.25) is 0 Å². The number of halogens is 3. The minimum absolute atomic E-state index is 0.0836. The van der Waals surface area contributed by atoms with Crippen molar-refractivity contribution in [1.29, 1.82) is 0 Å². The maximum atomic E-state index is 14.1. The molecule has 3 nitrogen and oxygen atoms in total. The number of nitrogens with zero attached hydrogens (tertiary/aromatic N) is 1. The summed E-state index contributed by atoms with van der Waals surface area (Å²) in [5.41, 5.74) is 1.55. The molecule has 2 aromatic carbocycles. The lowest BCUT2D eigenvalue weighted by Crippen LogP contribution is -2.37. The standard InChI is InChI=1S/C17H15BBrF2NO2/c1-23-16-8-4-13(5-9-16)10-17-12-22(18(20,21)24-17)11-14-2-6-15(19)7-3-14/h2-10,12H,11H2,1H3/b17-10-. The van der Waals surface area contributed by atoms with Crippen LogP contribution in [0.15, 0.2) is 58.8 Å². The summed E-state index contributed by atoms with van der Waals surface area (Å²) in [4.78, 5) is 0. The Morgan fingerprint density at radius 2 is 1.79 bits per heavy atom. The molecule has 1 heterocycles. The van der Waals surface area contributed by atoms with E-state index in [1.165, 1.54) is 6.21 Å². The molecule has 7 heteroatoms. The Morgan fingerprint density at radius 1 is 1.12 bits per heavy atom. The topological polar surface area (TPSA) is 21.5 Å². The van der Waals surface area contributed by atoms with Crippen molar-refractivity contribution in [3.05, 3.63) is 69.9 Å². The van der Waals surface area contributed by atoms with Crippen LogP contribution in [0.5, 0.6) is 5.75 Å². The van der Waals surface area contributed by atoms with Gasteiger partial charge < -0.3 is 22.5 Å². The minimum atomic E-state index is -4.07. The van der Waals surface area contributed by atoms with Gasteiger partial charge in [0.15, 0.2) is 6.21 Å². The highest BCUT2D eigenvalue weighted by molar-refractivity contribution is 9.10. The summed E-state index contributed by atoms with van der Waals surface area (Å²) in [5.74, 6) is 0.849. The van der Waals surface area contributed by atoms with Gasteiger partial charge in [0.05, 0.1) is 7.11 Å². The average molecular weight is 394 g/mol. The van der Waals surface area contributed by atoms with Crippen molar-refractivity contribution in [3.8, 4) is 5.75 Å². The minimum Gasteiger partial charge on any atom is -0.596 e. The van der Waals surface area contributed by atoms with Gasteiger partial charge in [-0.25, -0.2) is 0 Å². The molecular formula is C17H15BBrF2NO2. The Hall–Kier alpha value is -2.15. The summed E-state index contributed by atoms with van der Waals surface area (Å²) in [5, 5.41) is 0. The molecule has 1 aliphatic rings. The van der Waals surface area contributed by atoms with Gasteiger partial charge in [-0.3, -0.25) is 0 Å². The fourth-order valence-corrected chi connectivity index (χ4v) is 2.66. The molecule has 0 saturated heterocycles. The van der Waals surface area contributed by atoms with Crippen LogP contribution in [0.2, 0.25) is 0 Å². The predicted octanol–water partition coefficient (Wildman–Crippen LogP) is 4.49. The molecule has 0 N–H and O–H groups in total. The summed E-state index contributed by atoms with van der Waals surface area (Å²) in [6.45, 7) is 0.0836. The van der Waals surface area contributed by atoms with Crippen LogP contribution in [-0.2, 0) is 11.2 Å². The maximum absolute atomic E-state index is 14.1. The van der Waals surface area contributed by atoms with Crippen LogP contribution in [0.25, 0.3) is 6.08 Å². The SMILES string of the molecule is COc1ccc(/C=C2/C=[N+](Cc3ccc(Br)cc3)[B-](F)(F)O2)cc1. The van der Waals surface area contributed by atoms with Crippen molar-refractivity contribution in [3.63, 3.8) is 0 Å². The summed E-state index contributed by atoms with van der Waals surface area (Å²) in [6, 6.07) is 14.4. The van der Waals surface area contributed by atoms with Crippen LogP contribution in [0.1, 0.15) is 11.1 Å². The van der Waals surface area contributed by atoms with Gasteiger partial charge in [0.25, 0.3) is 0 Å². The Labute approximate surface area is 147 Å². The molecule has 0 atom stereocenters. The number of allylic oxidation sites excluding steroid dienone is 1. The Kier molecular flexibility index (Phi) is 4.71. The molecule has 0 unspecified atom stereocenters. The largest absolute Gasteiger partial charge is 0.828 e. The number of rotatable bonds is 4. The van der Waals surface area contributed by atoms with Crippen molar-refractivity contribution >= 4 is 35.3 Å². The lowest BCUT2D eigenvalue weighted by molar-refractivity contribution is -0.443. The van der Waals surface area contributed by atoms with Crippen LogP contribution < -0.4 is 4.74 Å². The molecule has 3 rings (SSSR count). The summed E-state index contributed by atoms with van der Waals surface area (Å²) in [6.07, 6.45) is 2.93. The number of benzene rings is 2. The second-order valence-electron chi connectivity index (χ2n) is 5.43. The van der Waals surface area contributed by atoms with E-state index in [0.717, 1.165) is 20.1 Å². The van der Waals surface area contributed by atoms with Gasteiger partial charge in [-0.05, 0) is 35.9 Å². The van der Waals surface area contributed by atoms with Crippen LogP contribution >= 0.6 is 15.9 Å². The molecule has 0 fully saturated rings. The first-order valence-electron chi connectivity index (χ1n) is 7.37. The number of hydrogen-bond acceptors (Lipinski definition) is 2. The first kappa shape index (κ1) is 16.7. The molecular weight excluding hydrogens is 379 g/mol. The predicted molar refractivity (Wildman–Crippen MR) is 94.2 cm³/mol. The van der Waals surface area contributed by atoms with Gasteiger partial charge in [-0.15, -0.1) is 0 Å². The van der Waals surface area contributed by atoms with E-state index in [4.69, 9.17) is 9.39 Å². The Balaban J connectivity index is 1.81. The first-order chi connectivity index (χ1) is 11.5. The molecule has 0 amide bonds. The van der Waals surface area contributed by atoms with Crippen molar-refractivity contribution < 1.29 is 22.5 Å². The zero-order valence-electron chi connectivity index (χ0n) is 13.0. The van der Waals surface area contributed by atoms with Gasteiger partial charge in [0, 0.05) is 10.0 Å². The molecule has 2 aromatic rings. The zero-order valence-corrected chi connectivity index (χ0v) is 14.5. The van der Waals surface area contributed by atoms with E-state index in [0.29, 0.717) is 5.75 Å². The van der Waals surface area contributed by atoms with E-state index >= 15 is 0 Å². The fraction of sp³-hybridized carbons (Fsp3) is 0.118. The van der Waals surface area contributed by atoms with E-state index in [1.807, 2.05) is 12.1 Å². The zero-order chi connectivity index (χ0) is 17.2. The smallest absolute Gasteiger partial charge is 0.596 e. The average Bonchev–Trinajstić information content (AvgIpc) is 2.84. The first-order valence-corrected chi connectivity index (χ1v) is 8.17. The number of ether oxygens (including phenoxy) is 1. The summed E-state index contributed by atoms with van der Waals surface area (Å²) in [7, 11) is -2.50. The lowest BCUT2D eigenvalue weighted by atomic mass is 10.0. The lowest BCUT2D eigenvalue weighted by Gasteiger charge is -2.15. The molecule has 0 radical (unpaired) electrons. The molecule has 0 spiro atoms. The van der Waals surface area contributed by atoms with E-state index in [-0.39, 0.29) is 12.3 Å². The molecule has 1 aliphatic heterocycles. The van der Waals surface area contributed by atoms with Crippen molar-refractivity contribution in [2.24, 2.45) is 0 Å². The third kappa shape index (κ3) is 3.84. The molecule has 24 heavy (non-hydrogen) atoms. The molecule has 124 valence electrons. The van der Waals surface area contributed by atoms with Crippen molar-refractivity contribution in [1.82, 2.24) is 0 Å².